The molecule has 1 saturated heterocycles. The standard InChI is InChI=1S/C17H19NO3/c1-10(2)13-8-12(19)9-14-15(13)17(21)18(16(14)20)11-6-4-3-5-7-11/h3-7,10,13-15H,8-9H2,1-2H3. The van der Waals surface area contributed by atoms with Crippen LogP contribution in [0.1, 0.15) is 26.7 Å². The summed E-state index contributed by atoms with van der Waals surface area (Å²) in [6.45, 7) is 4.03. The van der Waals surface area contributed by atoms with Crippen LogP contribution in [0.3, 0.4) is 0 Å². The van der Waals surface area contributed by atoms with E-state index in [1.165, 1.54) is 4.90 Å². The van der Waals surface area contributed by atoms with Crippen LogP contribution < -0.4 is 4.90 Å². The molecule has 0 spiro atoms. The molecule has 1 aliphatic heterocycles. The van der Waals surface area contributed by atoms with Gasteiger partial charge in [0.25, 0.3) is 0 Å². The van der Waals surface area contributed by atoms with Gasteiger partial charge in [-0.25, -0.2) is 0 Å². The SMILES string of the molecule is CC(C)C1CC(=O)CC2C(=O)N(c3ccccc3)C(=O)C21. The van der Waals surface area contributed by atoms with Crippen molar-refractivity contribution in [1.82, 2.24) is 0 Å². The van der Waals surface area contributed by atoms with Gasteiger partial charge in [0.15, 0.2) is 0 Å². The third-order valence-electron chi connectivity index (χ3n) is 4.72. The van der Waals surface area contributed by atoms with E-state index < -0.39 is 5.92 Å². The summed E-state index contributed by atoms with van der Waals surface area (Å²) < 4.78 is 0. The monoisotopic (exact) mass is 285 g/mol. The van der Waals surface area contributed by atoms with Gasteiger partial charge in [0.1, 0.15) is 5.78 Å². The van der Waals surface area contributed by atoms with E-state index in [-0.39, 0.29) is 41.8 Å². The minimum atomic E-state index is -0.466. The first-order valence-corrected chi connectivity index (χ1v) is 7.45. The summed E-state index contributed by atoms with van der Waals surface area (Å²) in [6.07, 6.45) is 0.627. The van der Waals surface area contributed by atoms with Crippen LogP contribution in [0.4, 0.5) is 5.69 Å². The highest BCUT2D eigenvalue weighted by molar-refractivity contribution is 6.23. The number of carbonyl (C=O) groups excluding carboxylic acids is 3. The molecule has 0 radical (unpaired) electrons. The number of carbonyl (C=O) groups is 3. The van der Waals surface area contributed by atoms with Gasteiger partial charge < -0.3 is 0 Å². The molecule has 0 bridgehead atoms. The fourth-order valence-electron chi connectivity index (χ4n) is 3.65. The molecule has 1 aromatic rings. The van der Waals surface area contributed by atoms with E-state index in [4.69, 9.17) is 0 Å². The van der Waals surface area contributed by atoms with Gasteiger partial charge in [-0.1, -0.05) is 32.0 Å². The van der Waals surface area contributed by atoms with Crippen LogP contribution in [-0.4, -0.2) is 17.6 Å². The van der Waals surface area contributed by atoms with Gasteiger partial charge in [0.05, 0.1) is 17.5 Å². The molecule has 110 valence electrons. The van der Waals surface area contributed by atoms with Crippen molar-refractivity contribution < 1.29 is 14.4 Å². The van der Waals surface area contributed by atoms with E-state index >= 15 is 0 Å². The van der Waals surface area contributed by atoms with Crippen LogP contribution in [0.5, 0.6) is 0 Å². The second-order valence-electron chi connectivity index (χ2n) is 6.33. The third kappa shape index (κ3) is 2.19. The van der Waals surface area contributed by atoms with Gasteiger partial charge in [0.2, 0.25) is 11.8 Å². The highest BCUT2D eigenvalue weighted by Gasteiger charge is 2.54. The van der Waals surface area contributed by atoms with Gasteiger partial charge in [-0.15, -0.1) is 0 Å². The third-order valence-corrected chi connectivity index (χ3v) is 4.72. The number of hydrogen-bond donors (Lipinski definition) is 0. The lowest BCUT2D eigenvalue weighted by molar-refractivity contribution is -0.133. The van der Waals surface area contributed by atoms with Crippen molar-refractivity contribution in [2.45, 2.75) is 26.7 Å². The highest BCUT2D eigenvalue weighted by Crippen LogP contribution is 2.44. The number of benzene rings is 1. The zero-order chi connectivity index (χ0) is 15.1. The summed E-state index contributed by atoms with van der Waals surface area (Å²) in [5.74, 6) is -0.860. The van der Waals surface area contributed by atoms with Gasteiger partial charge in [-0.05, 0) is 24.0 Å². The Morgan fingerprint density at radius 2 is 1.67 bits per heavy atom. The minimum Gasteiger partial charge on any atom is -0.300 e. The lowest BCUT2D eigenvalue weighted by Gasteiger charge is -2.32. The van der Waals surface area contributed by atoms with Crippen molar-refractivity contribution in [3.05, 3.63) is 30.3 Å². The predicted octanol–water partition coefficient (Wildman–Crippen LogP) is 2.43. The van der Waals surface area contributed by atoms with E-state index in [1.807, 2.05) is 32.0 Å². The second-order valence-corrected chi connectivity index (χ2v) is 6.33. The number of rotatable bonds is 2. The van der Waals surface area contributed by atoms with Crippen molar-refractivity contribution in [3.63, 3.8) is 0 Å². The lowest BCUT2D eigenvalue weighted by Crippen LogP contribution is -2.37. The molecule has 3 unspecified atom stereocenters. The Balaban J connectivity index is 2.00. The molecule has 0 N–H and O–H groups in total. The highest BCUT2D eigenvalue weighted by atomic mass is 16.2. The van der Waals surface area contributed by atoms with Gasteiger partial charge >= 0.3 is 0 Å². The average molecular weight is 285 g/mol. The normalized spacial score (nSPS) is 29.2. The Bertz CT molecular complexity index is 593. The van der Waals surface area contributed by atoms with Gasteiger partial charge in [-0.2, -0.15) is 0 Å². The van der Waals surface area contributed by atoms with Crippen LogP contribution in [0.25, 0.3) is 0 Å². The van der Waals surface area contributed by atoms with Crippen LogP contribution >= 0.6 is 0 Å². The van der Waals surface area contributed by atoms with Crippen molar-refractivity contribution >= 4 is 23.3 Å². The first-order chi connectivity index (χ1) is 10.0. The molecule has 4 heteroatoms. The Morgan fingerprint density at radius 3 is 2.29 bits per heavy atom. The average Bonchev–Trinajstić information content (AvgIpc) is 2.70. The van der Waals surface area contributed by atoms with Crippen LogP contribution in [0.15, 0.2) is 30.3 Å². The zero-order valence-electron chi connectivity index (χ0n) is 12.3. The zero-order valence-corrected chi connectivity index (χ0v) is 12.3. The van der Waals surface area contributed by atoms with Crippen molar-refractivity contribution in [2.75, 3.05) is 4.90 Å². The smallest absolute Gasteiger partial charge is 0.238 e. The Morgan fingerprint density at radius 1 is 1.00 bits per heavy atom. The summed E-state index contributed by atoms with van der Waals surface area (Å²) in [5.41, 5.74) is 0.608. The molecule has 21 heavy (non-hydrogen) atoms. The van der Waals surface area contributed by atoms with Crippen LogP contribution in [0, 0.1) is 23.7 Å². The molecule has 2 fully saturated rings. The quantitative estimate of drug-likeness (QED) is 0.784. The van der Waals surface area contributed by atoms with Crippen molar-refractivity contribution in [2.24, 2.45) is 23.7 Å². The molecule has 1 saturated carbocycles. The summed E-state index contributed by atoms with van der Waals surface area (Å²) >= 11 is 0. The number of nitrogens with zero attached hydrogens (tertiary/aromatic N) is 1. The Hall–Kier alpha value is -1.97. The minimum absolute atomic E-state index is 0.0265. The Kier molecular flexibility index (Phi) is 3.40. The molecule has 0 aromatic heterocycles. The van der Waals surface area contributed by atoms with Gasteiger partial charge in [0, 0.05) is 12.8 Å². The number of anilines is 1. The maximum Gasteiger partial charge on any atom is 0.238 e. The largest absolute Gasteiger partial charge is 0.300 e. The summed E-state index contributed by atoms with van der Waals surface area (Å²) in [7, 11) is 0. The number of fused-ring (bicyclic) bond motifs is 1. The van der Waals surface area contributed by atoms with E-state index in [0.29, 0.717) is 12.1 Å². The Labute approximate surface area is 124 Å². The van der Waals surface area contributed by atoms with Crippen LogP contribution in [-0.2, 0) is 14.4 Å². The number of para-hydroxylation sites is 1. The molecule has 1 aliphatic carbocycles. The van der Waals surface area contributed by atoms with Crippen molar-refractivity contribution in [1.29, 1.82) is 0 Å². The molecule has 2 amide bonds. The fourth-order valence-corrected chi connectivity index (χ4v) is 3.65. The molecule has 2 aliphatic rings. The topological polar surface area (TPSA) is 54.5 Å². The molecular formula is C17H19NO3. The summed E-state index contributed by atoms with van der Waals surface area (Å²) in [6, 6.07) is 8.99. The number of amides is 2. The molecule has 3 atom stereocenters. The van der Waals surface area contributed by atoms with Crippen LogP contribution in [0.2, 0.25) is 0 Å². The first-order valence-electron chi connectivity index (χ1n) is 7.45. The molecular weight excluding hydrogens is 266 g/mol. The lowest BCUT2D eigenvalue weighted by atomic mass is 9.68. The number of Topliss-reactive ketones (excluding diaryl/α,β-unsaturated/α-hetero) is 1. The molecule has 3 rings (SSSR count). The van der Waals surface area contributed by atoms with E-state index in [2.05, 4.69) is 0 Å². The summed E-state index contributed by atoms with van der Waals surface area (Å²) in [4.78, 5) is 38.6. The number of ketones is 1. The van der Waals surface area contributed by atoms with E-state index in [9.17, 15) is 14.4 Å². The van der Waals surface area contributed by atoms with Crippen molar-refractivity contribution in [3.8, 4) is 0 Å². The number of hydrogen-bond acceptors (Lipinski definition) is 3. The first kappa shape index (κ1) is 14.0. The second kappa shape index (κ2) is 5.10. The fraction of sp³-hybridized carbons (Fsp3) is 0.471. The molecule has 1 heterocycles. The predicted molar refractivity (Wildman–Crippen MR) is 78.5 cm³/mol. The molecule has 1 aromatic carbocycles. The van der Waals surface area contributed by atoms with Gasteiger partial charge in [-0.3, -0.25) is 19.3 Å². The maximum absolute atomic E-state index is 12.8. The van der Waals surface area contributed by atoms with E-state index in [0.717, 1.165) is 0 Å². The van der Waals surface area contributed by atoms with E-state index in [1.54, 1.807) is 12.1 Å². The number of imide groups is 1. The molecule has 4 nitrogen and oxygen atoms in total. The summed E-state index contributed by atoms with van der Waals surface area (Å²) in [5, 5.41) is 0. The maximum atomic E-state index is 12.8.